The molecule has 3 aromatic rings. The quantitative estimate of drug-likeness (QED) is 0.552. The topological polar surface area (TPSA) is 0 Å². The predicted octanol–water partition coefficient (Wildman–Crippen LogP) is 5.26. The van der Waals surface area contributed by atoms with Crippen molar-refractivity contribution in [3.63, 3.8) is 0 Å². The van der Waals surface area contributed by atoms with Gasteiger partial charge in [0.2, 0.25) is 0 Å². The molecule has 19 heavy (non-hydrogen) atoms. The predicted molar refractivity (Wildman–Crippen MR) is 78.8 cm³/mol. The summed E-state index contributed by atoms with van der Waals surface area (Å²) in [6.07, 6.45) is 0. The highest BCUT2D eigenvalue weighted by molar-refractivity contribution is 5.97. The van der Waals surface area contributed by atoms with Gasteiger partial charge < -0.3 is 0 Å². The summed E-state index contributed by atoms with van der Waals surface area (Å²) in [5.41, 5.74) is 4.27. The minimum absolute atomic E-state index is 0.168. The van der Waals surface area contributed by atoms with E-state index in [9.17, 15) is 4.39 Å². The molecule has 3 aromatic carbocycles. The molecule has 0 saturated heterocycles. The van der Waals surface area contributed by atoms with Crippen molar-refractivity contribution >= 4 is 10.8 Å². The van der Waals surface area contributed by atoms with Crippen LogP contribution < -0.4 is 0 Å². The van der Waals surface area contributed by atoms with E-state index in [1.54, 1.807) is 12.1 Å². The van der Waals surface area contributed by atoms with Gasteiger partial charge in [0, 0.05) is 0 Å². The molecule has 0 nitrogen and oxygen atoms in total. The molecule has 0 aromatic heterocycles. The van der Waals surface area contributed by atoms with Gasteiger partial charge >= 0.3 is 0 Å². The van der Waals surface area contributed by atoms with Gasteiger partial charge in [0.1, 0.15) is 5.82 Å². The lowest BCUT2D eigenvalue weighted by molar-refractivity contribution is 0.625. The number of hydrogen-bond acceptors (Lipinski definition) is 0. The summed E-state index contributed by atoms with van der Waals surface area (Å²) in [7, 11) is 0. The third-order valence-corrected chi connectivity index (χ3v) is 3.56. The fourth-order valence-corrected chi connectivity index (χ4v) is 2.78. The van der Waals surface area contributed by atoms with Gasteiger partial charge in [-0.2, -0.15) is 0 Å². The molecule has 0 heterocycles. The Morgan fingerprint density at radius 3 is 2.16 bits per heavy atom. The summed E-state index contributed by atoms with van der Waals surface area (Å²) in [5.74, 6) is -0.168. The third kappa shape index (κ3) is 2.01. The molecule has 0 saturated carbocycles. The monoisotopic (exact) mass is 250 g/mol. The lowest BCUT2D eigenvalue weighted by Crippen LogP contribution is -1.91. The fraction of sp³-hybridized carbons (Fsp3) is 0.111. The summed E-state index contributed by atoms with van der Waals surface area (Å²) in [6.45, 7) is 3.93. The molecular weight excluding hydrogens is 235 g/mol. The first-order valence-electron chi connectivity index (χ1n) is 6.42. The zero-order valence-electron chi connectivity index (χ0n) is 11.1. The largest absolute Gasteiger partial charge is 0.207 e. The van der Waals surface area contributed by atoms with Gasteiger partial charge in [-0.05, 0) is 59.0 Å². The first-order chi connectivity index (χ1) is 9.16. The van der Waals surface area contributed by atoms with E-state index >= 15 is 0 Å². The molecule has 0 radical (unpaired) electrons. The molecule has 0 fully saturated rings. The van der Waals surface area contributed by atoms with Crippen molar-refractivity contribution in [3.05, 3.63) is 71.5 Å². The highest BCUT2D eigenvalue weighted by Crippen LogP contribution is 2.33. The number of rotatable bonds is 1. The van der Waals surface area contributed by atoms with Crippen molar-refractivity contribution in [1.29, 1.82) is 0 Å². The molecule has 0 atom stereocenters. The summed E-state index contributed by atoms with van der Waals surface area (Å²) >= 11 is 0. The van der Waals surface area contributed by atoms with Crippen molar-refractivity contribution < 1.29 is 4.39 Å². The van der Waals surface area contributed by atoms with Crippen LogP contribution in [0.2, 0.25) is 0 Å². The zero-order chi connectivity index (χ0) is 13.4. The van der Waals surface area contributed by atoms with Crippen molar-refractivity contribution in [1.82, 2.24) is 0 Å². The van der Waals surface area contributed by atoms with Crippen LogP contribution in [0.4, 0.5) is 4.39 Å². The van der Waals surface area contributed by atoms with Crippen LogP contribution in [-0.4, -0.2) is 0 Å². The maximum Gasteiger partial charge on any atom is 0.123 e. The molecule has 0 aliphatic carbocycles. The molecule has 0 bridgehead atoms. The van der Waals surface area contributed by atoms with E-state index in [1.807, 2.05) is 26.0 Å². The van der Waals surface area contributed by atoms with Gasteiger partial charge in [0.05, 0.1) is 0 Å². The molecule has 0 N–H and O–H groups in total. The van der Waals surface area contributed by atoms with Crippen molar-refractivity contribution in [2.45, 2.75) is 13.8 Å². The first-order valence-corrected chi connectivity index (χ1v) is 6.42. The summed E-state index contributed by atoms with van der Waals surface area (Å²) in [6, 6.07) is 17.8. The Hall–Kier alpha value is -2.15. The van der Waals surface area contributed by atoms with Gasteiger partial charge in [-0.25, -0.2) is 4.39 Å². The Kier molecular flexibility index (Phi) is 2.83. The lowest BCUT2D eigenvalue weighted by atomic mass is 9.92. The van der Waals surface area contributed by atoms with Gasteiger partial charge in [-0.15, -0.1) is 0 Å². The normalized spacial score (nSPS) is 10.9. The molecule has 0 unspecified atom stereocenters. The van der Waals surface area contributed by atoms with E-state index in [0.29, 0.717) is 0 Å². The number of aryl methyl sites for hydroxylation is 2. The molecule has 0 spiro atoms. The van der Waals surface area contributed by atoms with E-state index in [-0.39, 0.29) is 5.82 Å². The van der Waals surface area contributed by atoms with Crippen LogP contribution in [0.3, 0.4) is 0 Å². The number of halogens is 1. The molecular formula is C18H15F. The summed E-state index contributed by atoms with van der Waals surface area (Å²) in [4.78, 5) is 0. The van der Waals surface area contributed by atoms with Gasteiger partial charge in [-0.3, -0.25) is 0 Å². The maximum atomic E-state index is 13.4. The Labute approximate surface area is 112 Å². The van der Waals surface area contributed by atoms with E-state index in [2.05, 4.69) is 30.3 Å². The van der Waals surface area contributed by atoms with E-state index in [0.717, 1.165) is 16.7 Å². The lowest BCUT2D eigenvalue weighted by Gasteiger charge is -2.13. The molecule has 3 rings (SSSR count). The third-order valence-electron chi connectivity index (χ3n) is 3.56. The Bertz CT molecular complexity index is 728. The van der Waals surface area contributed by atoms with Gasteiger partial charge in [0.15, 0.2) is 0 Å². The smallest absolute Gasteiger partial charge is 0.123 e. The standard InChI is InChI=1S/C18H15F/c1-12-10-15(19)11-13(2)18(12)17-9-5-7-14-6-3-4-8-16(14)17/h3-11H,1-2H3. The van der Waals surface area contributed by atoms with E-state index in [4.69, 9.17) is 0 Å². The molecule has 1 heteroatoms. The Balaban J connectivity index is 2.37. The second-order valence-electron chi connectivity index (χ2n) is 4.94. The Morgan fingerprint density at radius 1 is 0.789 bits per heavy atom. The summed E-state index contributed by atoms with van der Waals surface area (Å²) in [5, 5.41) is 2.42. The minimum Gasteiger partial charge on any atom is -0.207 e. The minimum atomic E-state index is -0.168. The SMILES string of the molecule is Cc1cc(F)cc(C)c1-c1cccc2ccccc12. The average Bonchev–Trinajstić information content (AvgIpc) is 2.38. The van der Waals surface area contributed by atoms with Crippen molar-refractivity contribution in [2.75, 3.05) is 0 Å². The number of benzene rings is 3. The van der Waals surface area contributed by atoms with Crippen molar-refractivity contribution in [3.8, 4) is 11.1 Å². The molecule has 0 aliphatic rings. The molecule has 94 valence electrons. The first kappa shape index (κ1) is 11.9. The molecule has 0 aliphatic heterocycles. The molecule has 0 amide bonds. The maximum absolute atomic E-state index is 13.4. The van der Waals surface area contributed by atoms with Gasteiger partial charge in [-0.1, -0.05) is 42.5 Å². The van der Waals surface area contributed by atoms with Crippen LogP contribution in [0.1, 0.15) is 11.1 Å². The Morgan fingerprint density at radius 2 is 1.42 bits per heavy atom. The van der Waals surface area contributed by atoms with E-state index in [1.165, 1.54) is 16.3 Å². The average molecular weight is 250 g/mol. The second-order valence-corrected chi connectivity index (χ2v) is 4.94. The van der Waals surface area contributed by atoms with Gasteiger partial charge in [0.25, 0.3) is 0 Å². The number of fused-ring (bicyclic) bond motifs is 1. The van der Waals surface area contributed by atoms with Crippen LogP contribution in [-0.2, 0) is 0 Å². The van der Waals surface area contributed by atoms with Crippen LogP contribution in [0.15, 0.2) is 54.6 Å². The zero-order valence-corrected chi connectivity index (χ0v) is 11.1. The fourth-order valence-electron chi connectivity index (χ4n) is 2.78. The van der Waals surface area contributed by atoms with E-state index < -0.39 is 0 Å². The van der Waals surface area contributed by atoms with Crippen LogP contribution in [0, 0.1) is 19.7 Å². The van der Waals surface area contributed by atoms with Crippen LogP contribution in [0.25, 0.3) is 21.9 Å². The van der Waals surface area contributed by atoms with Crippen LogP contribution in [0.5, 0.6) is 0 Å². The highest BCUT2D eigenvalue weighted by atomic mass is 19.1. The van der Waals surface area contributed by atoms with Crippen molar-refractivity contribution in [2.24, 2.45) is 0 Å². The van der Waals surface area contributed by atoms with Crippen LogP contribution >= 0.6 is 0 Å². The highest BCUT2D eigenvalue weighted by Gasteiger charge is 2.10. The summed E-state index contributed by atoms with van der Waals surface area (Å²) < 4.78 is 13.4. The second kappa shape index (κ2) is 4.51. The number of hydrogen-bond donors (Lipinski definition) is 0.